The number of amides is 2. The van der Waals surface area contributed by atoms with Gasteiger partial charge in [0.15, 0.2) is 0 Å². The monoisotopic (exact) mass is 577 g/mol. The van der Waals surface area contributed by atoms with E-state index in [1.807, 2.05) is 37.3 Å². The smallest absolute Gasteiger partial charge is 0.264 e. The number of nitrogens with zero attached hydrogens (tertiary/aromatic N) is 2. The highest BCUT2D eigenvalue weighted by Gasteiger charge is 2.34. The second-order valence-corrected chi connectivity index (χ2v) is 12.4. The van der Waals surface area contributed by atoms with E-state index in [-0.39, 0.29) is 29.1 Å². The van der Waals surface area contributed by atoms with Crippen LogP contribution in [0, 0.1) is 6.92 Å². The first-order chi connectivity index (χ1) is 19.7. The van der Waals surface area contributed by atoms with Gasteiger partial charge in [-0.2, -0.15) is 0 Å². The maximum absolute atomic E-state index is 14.1. The van der Waals surface area contributed by atoms with Gasteiger partial charge in [0.05, 0.1) is 17.7 Å². The van der Waals surface area contributed by atoms with Crippen molar-refractivity contribution in [1.82, 2.24) is 10.2 Å². The molecule has 1 fully saturated rings. The molecule has 218 valence electrons. The molecule has 1 saturated carbocycles. The van der Waals surface area contributed by atoms with Gasteiger partial charge in [-0.05, 0) is 56.5 Å². The lowest BCUT2D eigenvalue weighted by molar-refractivity contribution is -0.139. The molecule has 0 bridgehead atoms. The molecule has 1 N–H and O–H groups in total. The van der Waals surface area contributed by atoms with Crippen LogP contribution in [0.5, 0.6) is 5.75 Å². The summed E-state index contributed by atoms with van der Waals surface area (Å²) < 4.78 is 34.6. The van der Waals surface area contributed by atoms with Gasteiger partial charge >= 0.3 is 0 Å². The number of ether oxygens (including phenoxy) is 1. The molecule has 41 heavy (non-hydrogen) atoms. The average molecular weight is 578 g/mol. The van der Waals surface area contributed by atoms with Crippen molar-refractivity contribution in [3.05, 3.63) is 90.0 Å². The number of nitrogens with one attached hydrogen (secondary N) is 1. The van der Waals surface area contributed by atoms with Crippen LogP contribution in [-0.2, 0) is 26.2 Å². The van der Waals surface area contributed by atoms with E-state index in [4.69, 9.17) is 4.74 Å². The van der Waals surface area contributed by atoms with Crippen molar-refractivity contribution in [1.29, 1.82) is 0 Å². The minimum atomic E-state index is -4.17. The van der Waals surface area contributed by atoms with E-state index in [0.717, 1.165) is 47.5 Å². The molecule has 9 heteroatoms. The molecule has 0 spiro atoms. The lowest BCUT2D eigenvalue weighted by Gasteiger charge is -2.33. The number of carbonyl (C=O) groups is 2. The summed E-state index contributed by atoms with van der Waals surface area (Å²) in [6.45, 7) is 3.22. The Labute approximate surface area is 243 Å². The summed E-state index contributed by atoms with van der Waals surface area (Å²) >= 11 is 0. The number of anilines is 1. The van der Waals surface area contributed by atoms with Crippen LogP contribution in [-0.4, -0.2) is 50.9 Å². The summed E-state index contributed by atoms with van der Waals surface area (Å²) in [5.74, 6) is -0.429. The summed E-state index contributed by atoms with van der Waals surface area (Å²) in [6, 6.07) is 21.8. The summed E-state index contributed by atoms with van der Waals surface area (Å²) in [5.41, 5.74) is 1.99. The number of methoxy groups -OCH3 is 1. The Morgan fingerprint density at radius 2 is 1.56 bits per heavy atom. The quantitative estimate of drug-likeness (QED) is 0.344. The number of rotatable bonds is 11. The summed E-state index contributed by atoms with van der Waals surface area (Å²) in [6.07, 6.45) is 5.13. The molecule has 0 aliphatic heterocycles. The third-order valence-electron chi connectivity index (χ3n) is 7.56. The standard InChI is InChI=1S/C32H39N3O5S/c1-24-18-20-28(21-19-24)41(38,39)35(29-16-10-11-17-30(29)40-3)23-31(36)34(22-26-12-6-4-7-13-26)25(2)32(37)33-27-14-8-5-9-15-27/h4,6-7,10-13,16-21,25,27H,5,8-9,14-15,22-23H2,1-3H3,(H,33,37)/t25-/m0/s1. The molecular weight excluding hydrogens is 538 g/mol. The highest BCUT2D eigenvalue weighted by molar-refractivity contribution is 7.92. The number of aryl methyl sites for hydroxylation is 1. The predicted molar refractivity (Wildman–Crippen MR) is 160 cm³/mol. The van der Waals surface area contributed by atoms with E-state index >= 15 is 0 Å². The molecule has 0 radical (unpaired) electrons. The summed E-state index contributed by atoms with van der Waals surface area (Å²) in [7, 11) is -2.71. The number of benzene rings is 3. The van der Waals surface area contributed by atoms with Crippen molar-refractivity contribution in [2.45, 2.75) is 69.5 Å². The average Bonchev–Trinajstić information content (AvgIpc) is 2.99. The SMILES string of the molecule is COc1ccccc1N(CC(=O)N(Cc1ccccc1)[C@@H](C)C(=O)NC1CCCCC1)S(=O)(=O)c1ccc(C)cc1. The number of hydrogen-bond donors (Lipinski definition) is 1. The van der Waals surface area contributed by atoms with Gasteiger partial charge in [-0.15, -0.1) is 0 Å². The van der Waals surface area contributed by atoms with Gasteiger partial charge in [0.2, 0.25) is 11.8 Å². The summed E-state index contributed by atoms with van der Waals surface area (Å²) in [5, 5.41) is 3.12. The van der Waals surface area contributed by atoms with Crippen molar-refractivity contribution in [3.63, 3.8) is 0 Å². The number of para-hydroxylation sites is 2. The third-order valence-corrected chi connectivity index (χ3v) is 9.33. The number of hydrogen-bond acceptors (Lipinski definition) is 5. The van der Waals surface area contributed by atoms with E-state index in [1.54, 1.807) is 43.3 Å². The first kappa shape index (κ1) is 30.1. The molecule has 8 nitrogen and oxygen atoms in total. The van der Waals surface area contributed by atoms with Gasteiger partial charge in [0.1, 0.15) is 18.3 Å². The Hall–Kier alpha value is -3.85. The predicted octanol–water partition coefficient (Wildman–Crippen LogP) is 5.07. The fourth-order valence-electron chi connectivity index (χ4n) is 5.12. The Kier molecular flexibility index (Phi) is 10.0. The van der Waals surface area contributed by atoms with Crippen LogP contribution in [0.1, 0.15) is 50.2 Å². The lowest BCUT2D eigenvalue weighted by Crippen LogP contribution is -2.53. The van der Waals surface area contributed by atoms with Gasteiger partial charge in [-0.1, -0.05) is 79.4 Å². The second kappa shape index (κ2) is 13.7. The van der Waals surface area contributed by atoms with Crippen LogP contribution in [0.25, 0.3) is 0 Å². The molecule has 1 atom stereocenters. The van der Waals surface area contributed by atoms with Crippen LogP contribution in [0.3, 0.4) is 0 Å². The van der Waals surface area contributed by atoms with Crippen molar-refractivity contribution < 1.29 is 22.7 Å². The highest BCUT2D eigenvalue weighted by Crippen LogP contribution is 2.32. The highest BCUT2D eigenvalue weighted by atomic mass is 32.2. The Morgan fingerprint density at radius 3 is 2.22 bits per heavy atom. The molecule has 0 heterocycles. The van der Waals surface area contributed by atoms with Crippen molar-refractivity contribution in [2.75, 3.05) is 18.0 Å². The van der Waals surface area contributed by atoms with Gasteiger partial charge in [0.25, 0.3) is 10.0 Å². The third kappa shape index (κ3) is 7.47. The van der Waals surface area contributed by atoms with Crippen LogP contribution in [0.2, 0.25) is 0 Å². The molecule has 3 aromatic carbocycles. The van der Waals surface area contributed by atoms with Crippen LogP contribution >= 0.6 is 0 Å². The molecule has 0 aromatic heterocycles. The van der Waals surface area contributed by atoms with Crippen molar-refractivity contribution in [2.24, 2.45) is 0 Å². The summed E-state index contributed by atoms with van der Waals surface area (Å²) in [4.78, 5) is 29.0. The maximum Gasteiger partial charge on any atom is 0.264 e. The largest absolute Gasteiger partial charge is 0.495 e. The van der Waals surface area contributed by atoms with E-state index < -0.39 is 28.5 Å². The normalized spacial score (nSPS) is 14.6. The van der Waals surface area contributed by atoms with Gasteiger partial charge in [-0.25, -0.2) is 8.42 Å². The van der Waals surface area contributed by atoms with E-state index in [1.165, 1.54) is 24.1 Å². The minimum absolute atomic E-state index is 0.0551. The Balaban J connectivity index is 1.69. The molecule has 3 aromatic rings. The molecular formula is C32H39N3O5S. The van der Waals surface area contributed by atoms with Crippen molar-refractivity contribution >= 4 is 27.5 Å². The van der Waals surface area contributed by atoms with Crippen LogP contribution < -0.4 is 14.4 Å². The van der Waals surface area contributed by atoms with Gasteiger partial charge < -0.3 is 15.0 Å². The molecule has 0 saturated heterocycles. The molecule has 0 unspecified atom stereocenters. The molecule has 2 amide bonds. The van der Waals surface area contributed by atoms with Crippen LogP contribution in [0.15, 0.2) is 83.8 Å². The fraction of sp³-hybridized carbons (Fsp3) is 0.375. The topological polar surface area (TPSA) is 96.0 Å². The molecule has 1 aliphatic carbocycles. The first-order valence-electron chi connectivity index (χ1n) is 14.1. The Morgan fingerprint density at radius 1 is 0.927 bits per heavy atom. The Bertz CT molecular complexity index is 1420. The second-order valence-electron chi connectivity index (χ2n) is 10.5. The molecule has 1 aliphatic rings. The first-order valence-corrected chi connectivity index (χ1v) is 15.5. The van der Waals surface area contributed by atoms with Crippen LogP contribution in [0.4, 0.5) is 5.69 Å². The number of carbonyl (C=O) groups excluding carboxylic acids is 2. The fourth-order valence-corrected chi connectivity index (χ4v) is 6.54. The van der Waals surface area contributed by atoms with E-state index in [2.05, 4.69) is 5.32 Å². The van der Waals surface area contributed by atoms with Gasteiger partial charge in [-0.3, -0.25) is 13.9 Å². The number of sulfonamides is 1. The van der Waals surface area contributed by atoms with Gasteiger partial charge in [0, 0.05) is 12.6 Å². The zero-order valence-corrected chi connectivity index (χ0v) is 24.8. The zero-order valence-electron chi connectivity index (χ0n) is 24.0. The van der Waals surface area contributed by atoms with Crippen molar-refractivity contribution in [3.8, 4) is 5.75 Å². The maximum atomic E-state index is 14.1. The minimum Gasteiger partial charge on any atom is -0.495 e. The van der Waals surface area contributed by atoms with E-state index in [0.29, 0.717) is 5.75 Å². The van der Waals surface area contributed by atoms with E-state index in [9.17, 15) is 18.0 Å². The zero-order chi connectivity index (χ0) is 29.4. The molecule has 4 rings (SSSR count). The lowest BCUT2D eigenvalue weighted by atomic mass is 9.95.